The molecule has 19 heavy (non-hydrogen) atoms. The van der Waals surface area contributed by atoms with Gasteiger partial charge in [0.15, 0.2) is 5.78 Å². The number of benzene rings is 1. The monoisotopic (exact) mass is 256 g/mol. The number of aryl methyl sites for hydroxylation is 1. The molecule has 1 aliphatic rings. The fourth-order valence-electron chi connectivity index (χ4n) is 2.75. The summed E-state index contributed by atoms with van der Waals surface area (Å²) in [5.41, 5.74) is 3.80. The Morgan fingerprint density at radius 3 is 2.47 bits per heavy atom. The van der Waals surface area contributed by atoms with Crippen LogP contribution in [0.2, 0.25) is 0 Å². The van der Waals surface area contributed by atoms with Gasteiger partial charge in [0.2, 0.25) is 0 Å². The van der Waals surface area contributed by atoms with Crippen LogP contribution in [-0.2, 0) is 11.2 Å². The maximum Gasteiger partial charge on any atom is 0.159 e. The molecular weight excluding hydrogens is 232 g/mol. The van der Waals surface area contributed by atoms with E-state index in [1.54, 1.807) is 0 Å². The van der Waals surface area contributed by atoms with Crippen LogP contribution in [0.5, 0.6) is 0 Å². The molecule has 1 nitrogen and oxygen atoms in total. The predicted octanol–water partition coefficient (Wildman–Crippen LogP) is 4.80. The number of ketones is 1. The number of allylic oxidation sites excluding steroid dienone is 2. The largest absolute Gasteiger partial charge is 0.295 e. The van der Waals surface area contributed by atoms with E-state index in [2.05, 4.69) is 38.1 Å². The molecule has 0 radical (unpaired) electrons. The zero-order valence-corrected chi connectivity index (χ0v) is 12.1. The number of carbonyl (C=O) groups excluding carboxylic acids is 1. The lowest BCUT2D eigenvalue weighted by Gasteiger charge is -2.21. The normalized spacial score (nSPS) is 19.4. The van der Waals surface area contributed by atoms with E-state index in [0.29, 0.717) is 5.78 Å². The molecule has 0 aliphatic heterocycles. The minimum absolute atomic E-state index is 0.276. The molecule has 1 aromatic carbocycles. The van der Waals surface area contributed by atoms with E-state index in [1.807, 2.05) is 6.08 Å². The summed E-state index contributed by atoms with van der Waals surface area (Å²) in [7, 11) is 0. The van der Waals surface area contributed by atoms with Crippen LogP contribution in [0, 0.1) is 5.92 Å². The quantitative estimate of drug-likeness (QED) is 0.739. The zero-order valence-electron chi connectivity index (χ0n) is 12.1. The molecule has 2 rings (SSSR count). The summed E-state index contributed by atoms with van der Waals surface area (Å²) < 4.78 is 0. The Bertz CT molecular complexity index is 453. The van der Waals surface area contributed by atoms with Crippen LogP contribution in [0.4, 0.5) is 0 Å². The molecule has 0 heterocycles. The fourth-order valence-corrected chi connectivity index (χ4v) is 2.75. The third-order valence-electron chi connectivity index (χ3n) is 4.12. The highest BCUT2D eigenvalue weighted by Gasteiger charge is 2.22. The summed E-state index contributed by atoms with van der Waals surface area (Å²) in [6.45, 7) is 4.35. The maximum atomic E-state index is 12.1. The molecule has 0 saturated carbocycles. The summed E-state index contributed by atoms with van der Waals surface area (Å²) in [6, 6.07) is 8.66. The molecular formula is C18H24O. The van der Waals surface area contributed by atoms with Crippen molar-refractivity contribution in [1.29, 1.82) is 0 Å². The molecule has 0 aromatic heterocycles. The van der Waals surface area contributed by atoms with Gasteiger partial charge in [0.1, 0.15) is 0 Å². The minimum atomic E-state index is 0.276. The van der Waals surface area contributed by atoms with E-state index in [-0.39, 0.29) is 5.92 Å². The number of rotatable bonds is 5. The van der Waals surface area contributed by atoms with Crippen molar-refractivity contribution in [2.75, 3.05) is 0 Å². The predicted molar refractivity (Wildman–Crippen MR) is 81.1 cm³/mol. The van der Waals surface area contributed by atoms with Gasteiger partial charge in [-0.1, -0.05) is 51.0 Å². The van der Waals surface area contributed by atoms with E-state index in [0.717, 1.165) is 25.7 Å². The number of carbonyl (C=O) groups is 1. The van der Waals surface area contributed by atoms with Crippen molar-refractivity contribution in [1.82, 2.24) is 0 Å². The molecule has 1 atom stereocenters. The highest BCUT2D eigenvalue weighted by atomic mass is 16.1. The zero-order chi connectivity index (χ0) is 13.7. The second-order valence-electron chi connectivity index (χ2n) is 5.50. The van der Waals surface area contributed by atoms with Gasteiger partial charge in [-0.05, 0) is 48.5 Å². The van der Waals surface area contributed by atoms with Gasteiger partial charge in [0.05, 0.1) is 0 Å². The van der Waals surface area contributed by atoms with Crippen molar-refractivity contribution < 1.29 is 4.79 Å². The molecule has 1 aliphatic carbocycles. The lowest BCUT2D eigenvalue weighted by atomic mass is 9.83. The van der Waals surface area contributed by atoms with Crippen molar-refractivity contribution in [3.8, 4) is 0 Å². The van der Waals surface area contributed by atoms with Gasteiger partial charge < -0.3 is 0 Å². The summed E-state index contributed by atoms with van der Waals surface area (Å²) >= 11 is 0. The average Bonchev–Trinajstić information content (AvgIpc) is 2.46. The molecule has 0 N–H and O–H groups in total. The van der Waals surface area contributed by atoms with Gasteiger partial charge in [0, 0.05) is 5.92 Å². The topological polar surface area (TPSA) is 17.1 Å². The van der Waals surface area contributed by atoms with E-state index in [1.165, 1.54) is 29.5 Å². The van der Waals surface area contributed by atoms with Crippen LogP contribution in [-0.4, -0.2) is 5.78 Å². The van der Waals surface area contributed by atoms with Crippen LogP contribution >= 0.6 is 0 Å². The Hall–Kier alpha value is -1.37. The first-order chi connectivity index (χ1) is 9.24. The second-order valence-corrected chi connectivity index (χ2v) is 5.50. The van der Waals surface area contributed by atoms with Crippen LogP contribution in [0.25, 0.3) is 5.57 Å². The number of hydrogen-bond acceptors (Lipinski definition) is 1. The first-order valence-electron chi connectivity index (χ1n) is 7.58. The van der Waals surface area contributed by atoms with Gasteiger partial charge in [-0.25, -0.2) is 0 Å². The van der Waals surface area contributed by atoms with Crippen molar-refractivity contribution >= 4 is 11.4 Å². The Morgan fingerprint density at radius 2 is 1.89 bits per heavy atom. The summed E-state index contributed by atoms with van der Waals surface area (Å²) in [5, 5.41) is 0. The SMILES string of the molecule is CCCCC1CCC(c2ccc(CC)cc2)=CC1=O. The Labute approximate surface area is 116 Å². The van der Waals surface area contributed by atoms with E-state index in [9.17, 15) is 4.79 Å². The van der Waals surface area contributed by atoms with Gasteiger partial charge in [-0.15, -0.1) is 0 Å². The third-order valence-corrected chi connectivity index (χ3v) is 4.12. The number of unbranched alkanes of at least 4 members (excludes halogenated alkanes) is 1. The summed E-state index contributed by atoms with van der Waals surface area (Å²) in [6.07, 6.45) is 8.45. The van der Waals surface area contributed by atoms with E-state index < -0.39 is 0 Å². The molecule has 0 amide bonds. The molecule has 1 heteroatoms. The van der Waals surface area contributed by atoms with Crippen molar-refractivity contribution in [3.05, 3.63) is 41.5 Å². The van der Waals surface area contributed by atoms with Crippen LogP contribution in [0.3, 0.4) is 0 Å². The summed E-state index contributed by atoms with van der Waals surface area (Å²) in [5.74, 6) is 0.618. The standard InChI is InChI=1S/C18H24O/c1-3-5-6-16-11-12-17(13-18(16)19)15-9-7-14(4-2)8-10-15/h7-10,13,16H,3-6,11-12H2,1-2H3. The highest BCUT2D eigenvalue weighted by Crippen LogP contribution is 2.30. The average molecular weight is 256 g/mol. The molecule has 0 spiro atoms. The van der Waals surface area contributed by atoms with Gasteiger partial charge in [-0.2, -0.15) is 0 Å². The summed E-state index contributed by atoms with van der Waals surface area (Å²) in [4.78, 5) is 12.1. The smallest absolute Gasteiger partial charge is 0.159 e. The lowest BCUT2D eigenvalue weighted by molar-refractivity contribution is -0.118. The maximum absolute atomic E-state index is 12.1. The van der Waals surface area contributed by atoms with Crippen molar-refractivity contribution in [3.63, 3.8) is 0 Å². The first kappa shape index (κ1) is 14.0. The van der Waals surface area contributed by atoms with Gasteiger partial charge >= 0.3 is 0 Å². The number of hydrogen-bond donors (Lipinski definition) is 0. The third kappa shape index (κ3) is 3.56. The minimum Gasteiger partial charge on any atom is -0.295 e. The first-order valence-corrected chi connectivity index (χ1v) is 7.58. The Morgan fingerprint density at radius 1 is 1.16 bits per heavy atom. The highest BCUT2D eigenvalue weighted by molar-refractivity contribution is 5.99. The fraction of sp³-hybridized carbons (Fsp3) is 0.500. The molecule has 102 valence electrons. The molecule has 0 bridgehead atoms. The molecule has 0 fully saturated rings. The Kier molecular flexibility index (Phi) is 4.95. The molecule has 0 saturated heterocycles. The van der Waals surface area contributed by atoms with Crippen LogP contribution in [0.15, 0.2) is 30.3 Å². The molecule has 1 aromatic rings. The van der Waals surface area contributed by atoms with Gasteiger partial charge in [-0.3, -0.25) is 4.79 Å². The van der Waals surface area contributed by atoms with E-state index in [4.69, 9.17) is 0 Å². The second kappa shape index (κ2) is 6.70. The van der Waals surface area contributed by atoms with Crippen LogP contribution in [0.1, 0.15) is 57.1 Å². The van der Waals surface area contributed by atoms with Crippen molar-refractivity contribution in [2.24, 2.45) is 5.92 Å². The lowest BCUT2D eigenvalue weighted by Crippen LogP contribution is -2.17. The Balaban J connectivity index is 2.07. The molecule has 1 unspecified atom stereocenters. The van der Waals surface area contributed by atoms with Crippen LogP contribution < -0.4 is 0 Å². The van der Waals surface area contributed by atoms with E-state index >= 15 is 0 Å². The van der Waals surface area contributed by atoms with Crippen molar-refractivity contribution in [2.45, 2.75) is 52.4 Å². The van der Waals surface area contributed by atoms with Gasteiger partial charge in [0.25, 0.3) is 0 Å².